The molecule has 0 saturated heterocycles. The molecule has 1 unspecified atom stereocenters. The van der Waals surface area contributed by atoms with Gasteiger partial charge in [0.05, 0.1) is 11.7 Å². The summed E-state index contributed by atoms with van der Waals surface area (Å²) >= 11 is 0. The first-order chi connectivity index (χ1) is 6.99. The second kappa shape index (κ2) is 4.47. The second-order valence-electron chi connectivity index (χ2n) is 3.78. The molecular weight excluding hydrogens is 190 g/mol. The van der Waals surface area contributed by atoms with Gasteiger partial charge in [0.1, 0.15) is 5.82 Å². The lowest BCUT2D eigenvalue weighted by molar-refractivity contribution is -0.128. The highest BCUT2D eigenvalue weighted by atomic mass is 16.2. The first kappa shape index (κ1) is 11.8. The van der Waals surface area contributed by atoms with Crippen molar-refractivity contribution in [2.45, 2.75) is 40.7 Å². The van der Waals surface area contributed by atoms with Crippen molar-refractivity contribution >= 4 is 11.6 Å². The Hall–Kier alpha value is -1.32. The molecule has 1 rings (SSSR count). The molecule has 0 fully saturated rings. The summed E-state index contributed by atoms with van der Waals surface area (Å²) in [6, 6.07) is 0.0419. The number of rotatable bonds is 2. The van der Waals surface area contributed by atoms with E-state index in [-0.39, 0.29) is 11.9 Å². The standard InChI is InChI=1S/C11H19N3O/c1-6-12-11-8(3)13-7(2)9(4)14(11)10(5)15/h9,12H,6H2,1-5H3. The average molecular weight is 209 g/mol. The van der Waals surface area contributed by atoms with Gasteiger partial charge in [-0.25, -0.2) is 0 Å². The Labute approximate surface area is 91.1 Å². The number of aliphatic imine (C=N–C) groups is 1. The molecule has 1 aliphatic heterocycles. The molecule has 0 saturated carbocycles. The van der Waals surface area contributed by atoms with Gasteiger partial charge in [-0.05, 0) is 27.7 Å². The lowest BCUT2D eigenvalue weighted by Gasteiger charge is -2.34. The van der Waals surface area contributed by atoms with Crippen LogP contribution in [0.3, 0.4) is 0 Å². The van der Waals surface area contributed by atoms with E-state index >= 15 is 0 Å². The number of nitrogens with zero attached hydrogens (tertiary/aromatic N) is 2. The number of carbonyl (C=O) groups is 1. The van der Waals surface area contributed by atoms with Crippen LogP contribution in [-0.2, 0) is 4.79 Å². The first-order valence-electron chi connectivity index (χ1n) is 5.28. The molecule has 1 N–H and O–H groups in total. The van der Waals surface area contributed by atoms with Crippen LogP contribution < -0.4 is 5.32 Å². The van der Waals surface area contributed by atoms with Gasteiger partial charge >= 0.3 is 0 Å². The SMILES string of the molecule is CCNC1=C(C)N=C(C)C(C)N1C(C)=O. The lowest BCUT2D eigenvalue weighted by atomic mass is 10.1. The largest absolute Gasteiger partial charge is 0.370 e. The highest BCUT2D eigenvalue weighted by Gasteiger charge is 2.27. The number of nitrogens with one attached hydrogen (secondary N) is 1. The predicted molar refractivity (Wildman–Crippen MR) is 61.5 cm³/mol. The van der Waals surface area contributed by atoms with Crippen LogP contribution >= 0.6 is 0 Å². The van der Waals surface area contributed by atoms with Crippen LogP contribution in [0, 0.1) is 0 Å². The molecule has 0 aromatic rings. The highest BCUT2D eigenvalue weighted by molar-refractivity contribution is 5.93. The van der Waals surface area contributed by atoms with E-state index < -0.39 is 0 Å². The van der Waals surface area contributed by atoms with E-state index in [4.69, 9.17) is 0 Å². The maximum absolute atomic E-state index is 11.6. The Balaban J connectivity index is 3.12. The monoisotopic (exact) mass is 209 g/mol. The Morgan fingerprint density at radius 3 is 2.60 bits per heavy atom. The molecule has 4 nitrogen and oxygen atoms in total. The van der Waals surface area contributed by atoms with E-state index in [1.165, 1.54) is 0 Å². The summed E-state index contributed by atoms with van der Waals surface area (Å²) in [5, 5.41) is 3.19. The molecule has 0 bridgehead atoms. The van der Waals surface area contributed by atoms with E-state index in [2.05, 4.69) is 10.3 Å². The van der Waals surface area contributed by atoms with Crippen molar-refractivity contribution in [1.29, 1.82) is 0 Å². The zero-order valence-corrected chi connectivity index (χ0v) is 10.1. The second-order valence-corrected chi connectivity index (χ2v) is 3.78. The van der Waals surface area contributed by atoms with Gasteiger partial charge in [-0.15, -0.1) is 0 Å². The summed E-state index contributed by atoms with van der Waals surface area (Å²) < 4.78 is 0. The van der Waals surface area contributed by atoms with Gasteiger partial charge in [0.15, 0.2) is 0 Å². The van der Waals surface area contributed by atoms with E-state index in [9.17, 15) is 4.79 Å². The third kappa shape index (κ3) is 2.19. The molecule has 0 aliphatic carbocycles. The Bertz CT molecular complexity index is 331. The van der Waals surface area contributed by atoms with Crippen LogP contribution in [0.1, 0.15) is 34.6 Å². The van der Waals surface area contributed by atoms with Crippen molar-refractivity contribution in [3.05, 3.63) is 11.5 Å². The fourth-order valence-corrected chi connectivity index (χ4v) is 1.78. The molecule has 0 radical (unpaired) electrons. The zero-order valence-electron chi connectivity index (χ0n) is 10.1. The number of carbonyl (C=O) groups excluding carboxylic acids is 1. The number of hydrogen-bond acceptors (Lipinski definition) is 3. The van der Waals surface area contributed by atoms with Crippen molar-refractivity contribution in [2.24, 2.45) is 4.99 Å². The fourth-order valence-electron chi connectivity index (χ4n) is 1.78. The molecular formula is C11H19N3O. The summed E-state index contributed by atoms with van der Waals surface area (Å²) in [4.78, 5) is 17.8. The normalized spacial score (nSPS) is 21.5. The average Bonchev–Trinajstić information content (AvgIpc) is 2.14. The molecule has 0 aromatic heterocycles. The molecule has 1 amide bonds. The van der Waals surface area contributed by atoms with Gasteiger partial charge in [0, 0.05) is 19.2 Å². The van der Waals surface area contributed by atoms with Crippen LogP contribution in [0.25, 0.3) is 0 Å². The minimum absolute atomic E-state index is 0.0419. The minimum Gasteiger partial charge on any atom is -0.370 e. The summed E-state index contributed by atoms with van der Waals surface area (Å²) in [5.74, 6) is 0.884. The Morgan fingerprint density at radius 2 is 2.13 bits per heavy atom. The van der Waals surface area contributed by atoms with Crippen molar-refractivity contribution in [1.82, 2.24) is 10.2 Å². The van der Waals surface area contributed by atoms with Crippen molar-refractivity contribution in [3.8, 4) is 0 Å². The van der Waals surface area contributed by atoms with Crippen molar-refractivity contribution < 1.29 is 4.79 Å². The maximum atomic E-state index is 11.6. The maximum Gasteiger partial charge on any atom is 0.225 e. The smallest absolute Gasteiger partial charge is 0.225 e. The van der Waals surface area contributed by atoms with Crippen LogP contribution in [0.2, 0.25) is 0 Å². The Morgan fingerprint density at radius 1 is 1.53 bits per heavy atom. The number of amides is 1. The van der Waals surface area contributed by atoms with Crippen LogP contribution in [0.4, 0.5) is 0 Å². The van der Waals surface area contributed by atoms with Gasteiger partial charge in [-0.3, -0.25) is 14.7 Å². The third-order valence-corrected chi connectivity index (χ3v) is 2.60. The minimum atomic E-state index is 0.0419. The molecule has 0 aromatic carbocycles. The third-order valence-electron chi connectivity index (χ3n) is 2.60. The fraction of sp³-hybridized carbons (Fsp3) is 0.636. The molecule has 4 heteroatoms. The Kier molecular flexibility index (Phi) is 3.50. The molecule has 1 heterocycles. The molecule has 1 atom stereocenters. The quantitative estimate of drug-likeness (QED) is 0.749. The van der Waals surface area contributed by atoms with Crippen LogP contribution in [0.5, 0.6) is 0 Å². The van der Waals surface area contributed by atoms with Gasteiger partial charge < -0.3 is 5.32 Å². The van der Waals surface area contributed by atoms with Crippen LogP contribution in [0.15, 0.2) is 16.5 Å². The summed E-state index contributed by atoms with van der Waals surface area (Å²) in [6.45, 7) is 10.2. The molecule has 1 aliphatic rings. The lowest BCUT2D eigenvalue weighted by Crippen LogP contribution is -2.47. The molecule has 84 valence electrons. The highest BCUT2D eigenvalue weighted by Crippen LogP contribution is 2.20. The molecule has 15 heavy (non-hydrogen) atoms. The zero-order chi connectivity index (χ0) is 11.6. The predicted octanol–water partition coefficient (Wildman–Crippen LogP) is 1.50. The van der Waals surface area contributed by atoms with E-state index in [0.29, 0.717) is 0 Å². The van der Waals surface area contributed by atoms with E-state index in [1.54, 1.807) is 11.8 Å². The van der Waals surface area contributed by atoms with E-state index in [0.717, 1.165) is 23.8 Å². The van der Waals surface area contributed by atoms with Gasteiger partial charge in [0.25, 0.3) is 0 Å². The summed E-state index contributed by atoms with van der Waals surface area (Å²) in [6.07, 6.45) is 0. The van der Waals surface area contributed by atoms with Gasteiger partial charge in [-0.2, -0.15) is 0 Å². The van der Waals surface area contributed by atoms with Gasteiger partial charge in [0.2, 0.25) is 5.91 Å². The topological polar surface area (TPSA) is 44.7 Å². The van der Waals surface area contributed by atoms with E-state index in [1.807, 2.05) is 27.7 Å². The van der Waals surface area contributed by atoms with Crippen molar-refractivity contribution in [2.75, 3.05) is 6.54 Å². The molecule has 0 spiro atoms. The number of allylic oxidation sites excluding steroid dienone is 1. The summed E-state index contributed by atoms with van der Waals surface area (Å²) in [7, 11) is 0. The van der Waals surface area contributed by atoms with Crippen molar-refractivity contribution in [3.63, 3.8) is 0 Å². The first-order valence-corrected chi connectivity index (χ1v) is 5.28. The number of hydrogen-bond donors (Lipinski definition) is 1. The van der Waals surface area contributed by atoms with Crippen LogP contribution in [-0.4, -0.2) is 29.1 Å². The summed E-state index contributed by atoms with van der Waals surface area (Å²) in [5.41, 5.74) is 1.85. The van der Waals surface area contributed by atoms with Gasteiger partial charge in [-0.1, -0.05) is 0 Å².